The summed E-state index contributed by atoms with van der Waals surface area (Å²) in [6.07, 6.45) is 2.49. The Morgan fingerprint density at radius 2 is 2.11 bits per heavy atom. The molecule has 1 aromatic heterocycles. The van der Waals surface area contributed by atoms with Crippen LogP contribution in [0.25, 0.3) is 11.3 Å². The maximum Gasteiger partial charge on any atom is 0.229 e. The molecular weight excluding hydrogens is 401 g/mol. The zero-order valence-electron chi connectivity index (χ0n) is 15.7. The van der Waals surface area contributed by atoms with Gasteiger partial charge in [-0.25, -0.2) is 22.1 Å². The van der Waals surface area contributed by atoms with Gasteiger partial charge in [-0.15, -0.1) is 11.3 Å². The van der Waals surface area contributed by atoms with Gasteiger partial charge in [0.1, 0.15) is 5.82 Å². The van der Waals surface area contributed by atoms with Crippen LogP contribution in [-0.2, 0) is 14.8 Å². The molecule has 1 aliphatic heterocycles. The number of piperidine rings is 1. The molecule has 1 aliphatic rings. The lowest BCUT2D eigenvalue weighted by atomic mass is 9.97. The third kappa shape index (κ3) is 5.15. The fourth-order valence-electron chi connectivity index (χ4n) is 3.17. The summed E-state index contributed by atoms with van der Waals surface area (Å²) in [5.41, 5.74) is 1.26. The lowest BCUT2D eigenvalue weighted by Crippen LogP contribution is -2.42. The van der Waals surface area contributed by atoms with Crippen LogP contribution in [0.3, 0.4) is 0 Å². The summed E-state index contributed by atoms with van der Waals surface area (Å²) < 4.78 is 39.4. The van der Waals surface area contributed by atoms with E-state index in [1.54, 1.807) is 17.5 Å². The van der Waals surface area contributed by atoms with Crippen LogP contribution in [0.2, 0.25) is 0 Å². The summed E-state index contributed by atoms with van der Waals surface area (Å²) in [7, 11) is -3.22. The van der Waals surface area contributed by atoms with Crippen LogP contribution in [-0.4, -0.2) is 42.5 Å². The Morgan fingerprint density at radius 3 is 2.79 bits per heavy atom. The number of nitrogens with one attached hydrogen (secondary N) is 1. The van der Waals surface area contributed by atoms with Gasteiger partial charge in [0.15, 0.2) is 5.13 Å². The number of aromatic nitrogens is 1. The maximum atomic E-state index is 13.4. The SMILES string of the molecule is CCCCS(=O)(=O)N1CCC(C(=O)Nc2nc(-c3cccc(F)c3)cs2)CC1. The summed E-state index contributed by atoms with van der Waals surface area (Å²) in [6, 6.07) is 6.14. The van der Waals surface area contributed by atoms with E-state index in [4.69, 9.17) is 0 Å². The van der Waals surface area contributed by atoms with E-state index in [1.807, 2.05) is 6.92 Å². The molecule has 1 saturated heterocycles. The first-order chi connectivity index (χ1) is 13.4. The van der Waals surface area contributed by atoms with Gasteiger partial charge in [0, 0.05) is 30.0 Å². The van der Waals surface area contributed by atoms with E-state index in [-0.39, 0.29) is 23.4 Å². The van der Waals surface area contributed by atoms with Gasteiger partial charge in [0.05, 0.1) is 11.4 Å². The van der Waals surface area contributed by atoms with Crippen molar-refractivity contribution in [3.8, 4) is 11.3 Å². The first kappa shape index (κ1) is 20.9. The molecule has 0 bridgehead atoms. The number of unbranched alkanes of at least 4 members (excludes halogenated alkanes) is 1. The van der Waals surface area contributed by atoms with Crippen molar-refractivity contribution in [2.24, 2.45) is 5.92 Å². The first-order valence-electron chi connectivity index (χ1n) is 9.39. The highest BCUT2D eigenvalue weighted by Gasteiger charge is 2.31. The minimum absolute atomic E-state index is 0.147. The number of rotatable bonds is 7. The van der Waals surface area contributed by atoms with Crippen molar-refractivity contribution in [1.82, 2.24) is 9.29 Å². The number of carbonyl (C=O) groups is 1. The molecule has 0 atom stereocenters. The van der Waals surface area contributed by atoms with Crippen LogP contribution < -0.4 is 5.32 Å². The van der Waals surface area contributed by atoms with E-state index in [1.165, 1.54) is 27.8 Å². The van der Waals surface area contributed by atoms with Gasteiger partial charge in [0.2, 0.25) is 15.9 Å². The van der Waals surface area contributed by atoms with Crippen molar-refractivity contribution in [3.05, 3.63) is 35.5 Å². The summed E-state index contributed by atoms with van der Waals surface area (Å²) in [5, 5.41) is 5.04. The molecule has 28 heavy (non-hydrogen) atoms. The molecule has 0 unspecified atom stereocenters. The molecule has 1 fully saturated rings. The van der Waals surface area contributed by atoms with Crippen molar-refractivity contribution in [2.45, 2.75) is 32.6 Å². The van der Waals surface area contributed by atoms with Gasteiger partial charge in [-0.05, 0) is 31.4 Å². The molecule has 0 radical (unpaired) electrons. The number of thiazole rings is 1. The quantitative estimate of drug-likeness (QED) is 0.733. The van der Waals surface area contributed by atoms with Gasteiger partial charge < -0.3 is 5.32 Å². The molecule has 1 amide bonds. The number of nitrogens with zero attached hydrogens (tertiary/aromatic N) is 2. The Morgan fingerprint density at radius 1 is 1.36 bits per heavy atom. The summed E-state index contributed by atoms with van der Waals surface area (Å²) in [6.45, 7) is 2.71. The average Bonchev–Trinajstić information content (AvgIpc) is 3.15. The fourth-order valence-corrected chi connectivity index (χ4v) is 5.57. The highest BCUT2D eigenvalue weighted by atomic mass is 32.2. The Kier molecular flexibility index (Phi) is 6.79. The molecule has 6 nitrogen and oxygen atoms in total. The van der Waals surface area contributed by atoms with E-state index in [0.29, 0.717) is 48.7 Å². The van der Waals surface area contributed by atoms with E-state index in [2.05, 4.69) is 10.3 Å². The number of sulfonamides is 1. The van der Waals surface area contributed by atoms with E-state index in [0.717, 1.165) is 6.42 Å². The summed E-state index contributed by atoms with van der Waals surface area (Å²) in [4.78, 5) is 16.9. The van der Waals surface area contributed by atoms with Crippen LogP contribution in [0.15, 0.2) is 29.6 Å². The van der Waals surface area contributed by atoms with Crippen LogP contribution in [0, 0.1) is 11.7 Å². The largest absolute Gasteiger partial charge is 0.302 e. The highest BCUT2D eigenvalue weighted by molar-refractivity contribution is 7.89. The Labute approximate surface area is 168 Å². The highest BCUT2D eigenvalue weighted by Crippen LogP contribution is 2.27. The molecule has 9 heteroatoms. The average molecular weight is 426 g/mol. The second-order valence-corrected chi connectivity index (χ2v) is 9.83. The Balaban J connectivity index is 1.55. The number of halogens is 1. The second-order valence-electron chi connectivity index (χ2n) is 6.88. The molecule has 2 aromatic rings. The summed E-state index contributed by atoms with van der Waals surface area (Å²) >= 11 is 1.28. The van der Waals surface area contributed by atoms with Gasteiger partial charge in [0.25, 0.3) is 0 Å². The van der Waals surface area contributed by atoms with Crippen molar-refractivity contribution in [1.29, 1.82) is 0 Å². The van der Waals surface area contributed by atoms with Crippen molar-refractivity contribution >= 4 is 32.4 Å². The number of amides is 1. The standard InChI is InChI=1S/C19H24FN3O3S2/c1-2-3-11-28(25,26)23-9-7-14(8-10-23)18(24)22-19-21-17(13-27-19)15-5-4-6-16(20)12-15/h4-6,12-14H,2-3,7-11H2,1H3,(H,21,22,24). The lowest BCUT2D eigenvalue weighted by molar-refractivity contribution is -0.120. The van der Waals surface area contributed by atoms with Crippen LogP contribution in [0.4, 0.5) is 9.52 Å². The number of hydrogen-bond donors (Lipinski definition) is 1. The molecule has 152 valence electrons. The molecule has 0 aliphatic carbocycles. The molecule has 1 N–H and O–H groups in total. The van der Waals surface area contributed by atoms with E-state index < -0.39 is 10.0 Å². The van der Waals surface area contributed by atoms with Crippen molar-refractivity contribution in [3.63, 3.8) is 0 Å². The zero-order valence-corrected chi connectivity index (χ0v) is 17.4. The van der Waals surface area contributed by atoms with Crippen LogP contribution >= 0.6 is 11.3 Å². The predicted molar refractivity (Wildman–Crippen MR) is 109 cm³/mol. The van der Waals surface area contributed by atoms with E-state index >= 15 is 0 Å². The molecular formula is C19H24FN3O3S2. The molecule has 0 saturated carbocycles. The van der Waals surface area contributed by atoms with Gasteiger partial charge in [-0.3, -0.25) is 4.79 Å². The van der Waals surface area contributed by atoms with E-state index in [9.17, 15) is 17.6 Å². The zero-order chi connectivity index (χ0) is 20.1. The van der Waals surface area contributed by atoms with Crippen molar-refractivity contribution in [2.75, 3.05) is 24.2 Å². The minimum atomic E-state index is -3.22. The third-order valence-electron chi connectivity index (χ3n) is 4.83. The maximum absolute atomic E-state index is 13.4. The fraction of sp³-hybridized carbons (Fsp3) is 0.474. The topological polar surface area (TPSA) is 79.4 Å². The minimum Gasteiger partial charge on any atom is -0.302 e. The number of benzene rings is 1. The molecule has 2 heterocycles. The molecule has 3 rings (SSSR count). The summed E-state index contributed by atoms with van der Waals surface area (Å²) in [5.74, 6) is -0.552. The second kappa shape index (κ2) is 9.11. The van der Waals surface area contributed by atoms with Crippen LogP contribution in [0.1, 0.15) is 32.6 Å². The molecule has 1 aromatic carbocycles. The number of carbonyl (C=O) groups excluding carboxylic acids is 1. The number of hydrogen-bond acceptors (Lipinski definition) is 5. The first-order valence-corrected chi connectivity index (χ1v) is 11.9. The predicted octanol–water partition coefficient (Wildman–Crippen LogP) is 3.73. The number of anilines is 1. The monoisotopic (exact) mass is 425 g/mol. The van der Waals surface area contributed by atoms with Crippen LogP contribution in [0.5, 0.6) is 0 Å². The third-order valence-corrected chi connectivity index (χ3v) is 7.54. The van der Waals surface area contributed by atoms with Gasteiger partial charge in [-0.1, -0.05) is 25.5 Å². The smallest absolute Gasteiger partial charge is 0.229 e. The lowest BCUT2D eigenvalue weighted by Gasteiger charge is -2.30. The molecule has 0 spiro atoms. The Hall–Kier alpha value is -1.84. The van der Waals surface area contributed by atoms with Gasteiger partial charge >= 0.3 is 0 Å². The normalized spacial score (nSPS) is 16.2. The van der Waals surface area contributed by atoms with Crippen molar-refractivity contribution < 1.29 is 17.6 Å². The van der Waals surface area contributed by atoms with Gasteiger partial charge in [-0.2, -0.15) is 0 Å². The Bertz CT molecular complexity index is 922.